The van der Waals surface area contributed by atoms with Gasteiger partial charge < -0.3 is 4.74 Å². The maximum Gasteiger partial charge on any atom is 0.300 e. The Morgan fingerprint density at radius 3 is 2.90 bits per heavy atom. The highest BCUT2D eigenvalue weighted by molar-refractivity contribution is 9.08. The largest absolute Gasteiger partial charge is 0.449 e. The van der Waals surface area contributed by atoms with Gasteiger partial charge >= 0.3 is 16.1 Å². The summed E-state index contributed by atoms with van der Waals surface area (Å²) >= 11 is 3.27. The predicted octanol–water partition coefficient (Wildman–Crippen LogP) is 3.83. The number of nitrogens with zero attached hydrogens (tertiary/aromatic N) is 5. The first-order chi connectivity index (χ1) is 9.67. The van der Waals surface area contributed by atoms with Crippen molar-refractivity contribution in [1.29, 1.82) is 0 Å². The molecule has 2 heterocycles. The normalized spacial score (nSPS) is 20.3. The van der Waals surface area contributed by atoms with Gasteiger partial charge in [0.1, 0.15) is 11.6 Å². The zero-order chi connectivity index (χ0) is 14.0. The van der Waals surface area contributed by atoms with Crippen LogP contribution in [-0.2, 0) is 0 Å². The van der Waals surface area contributed by atoms with Crippen LogP contribution >= 0.6 is 16.1 Å². The van der Waals surface area contributed by atoms with E-state index in [2.05, 4.69) is 42.9 Å². The van der Waals surface area contributed by atoms with Gasteiger partial charge in [0.2, 0.25) is 5.69 Å². The van der Waals surface area contributed by atoms with E-state index >= 15 is 0 Å². The minimum atomic E-state index is -0.434. The summed E-state index contributed by atoms with van der Waals surface area (Å²) < 4.78 is 18.7. The van der Waals surface area contributed by atoms with E-state index in [4.69, 9.17) is 4.74 Å². The molecule has 0 aliphatic carbocycles. The lowest BCUT2D eigenvalue weighted by Crippen LogP contribution is -2.22. The van der Waals surface area contributed by atoms with Crippen LogP contribution in [0.25, 0.3) is 0 Å². The molecule has 1 aliphatic rings. The zero-order valence-corrected chi connectivity index (χ0v) is 11.5. The van der Waals surface area contributed by atoms with E-state index in [-0.39, 0.29) is 5.75 Å². The highest BCUT2D eigenvalue weighted by atomic mass is 79.9. The second-order valence-electron chi connectivity index (χ2n) is 3.82. The van der Waals surface area contributed by atoms with Crippen molar-refractivity contribution in [2.24, 2.45) is 15.4 Å². The fourth-order valence-electron chi connectivity index (χ4n) is 1.62. The van der Waals surface area contributed by atoms with Gasteiger partial charge in [-0.3, -0.25) is 4.98 Å². The molecule has 0 bridgehead atoms. The summed E-state index contributed by atoms with van der Waals surface area (Å²) in [7, 11) is 0. The van der Waals surface area contributed by atoms with Crippen LogP contribution in [0.5, 0.6) is 11.5 Å². The first-order valence-corrected chi connectivity index (χ1v) is 6.24. The van der Waals surface area contributed by atoms with E-state index in [9.17, 15) is 4.39 Å². The predicted molar refractivity (Wildman–Crippen MR) is 73.7 cm³/mol. The number of benzene rings is 1. The molecule has 1 atom stereocenters. The van der Waals surface area contributed by atoms with Gasteiger partial charge in [-0.15, -0.1) is 0 Å². The van der Waals surface area contributed by atoms with Gasteiger partial charge in [-0.25, -0.2) is 4.39 Å². The van der Waals surface area contributed by atoms with Crippen LogP contribution in [0.1, 0.15) is 0 Å². The molecule has 20 heavy (non-hydrogen) atoms. The van der Waals surface area contributed by atoms with E-state index in [0.717, 1.165) is 0 Å². The Bertz CT molecular complexity index is 680. The summed E-state index contributed by atoms with van der Waals surface area (Å²) in [5.41, 5.74) is 0.462. The summed E-state index contributed by atoms with van der Waals surface area (Å²) in [5.74, 6) is 0.291. The number of hydrogen-bond donors (Lipinski definition) is 0. The summed E-state index contributed by atoms with van der Waals surface area (Å²) in [6.07, 6.45) is 5.50. The van der Waals surface area contributed by atoms with Gasteiger partial charge in [0, 0.05) is 22.1 Å². The van der Waals surface area contributed by atoms with Crippen molar-refractivity contribution in [2.75, 3.05) is 0 Å². The van der Waals surface area contributed by atoms with Crippen molar-refractivity contribution in [1.82, 2.24) is 8.71 Å². The Balaban J connectivity index is 2.03. The van der Waals surface area contributed by atoms with E-state index in [1.807, 2.05) is 0 Å². The highest BCUT2D eigenvalue weighted by Gasteiger charge is 2.37. The third-order valence-corrected chi connectivity index (χ3v) is 3.16. The lowest BCUT2D eigenvalue weighted by Gasteiger charge is -2.14. The van der Waals surface area contributed by atoms with Crippen LogP contribution < -0.4 is 8.46 Å². The van der Waals surface area contributed by atoms with Crippen LogP contribution in [0.15, 0.2) is 58.2 Å². The second-order valence-corrected chi connectivity index (χ2v) is 4.81. The molecule has 0 fully saturated rings. The van der Waals surface area contributed by atoms with Crippen LogP contribution in [0.2, 0.25) is 0 Å². The molecule has 0 spiro atoms. The van der Waals surface area contributed by atoms with Crippen molar-refractivity contribution in [3.8, 4) is 11.5 Å². The average molecular weight is 336 g/mol. The lowest BCUT2D eigenvalue weighted by atomic mass is 10.3. The minimum absolute atomic E-state index is 0.251. The Morgan fingerprint density at radius 1 is 1.30 bits per heavy atom. The van der Waals surface area contributed by atoms with Gasteiger partial charge in [-0.05, 0) is 23.3 Å². The van der Waals surface area contributed by atoms with E-state index in [0.29, 0.717) is 11.4 Å². The average Bonchev–Trinajstić information content (AvgIpc) is 2.88. The number of hydrogen-bond acceptors (Lipinski definition) is 5. The molecule has 3 rings (SSSR count). The molecule has 1 aromatic heterocycles. The zero-order valence-electron chi connectivity index (χ0n) is 9.94. The summed E-state index contributed by atoms with van der Waals surface area (Å²) in [4.78, 5) is 3.93. The SMILES string of the molecule is Fc1ccc([N+]2(Br)N=[C]N=N2)c(Oc2cccnc2)c1. The van der Waals surface area contributed by atoms with Crippen LogP contribution in [-0.4, -0.2) is 11.3 Å². The molecule has 6 nitrogen and oxygen atoms in total. The van der Waals surface area contributed by atoms with Gasteiger partial charge in [0.15, 0.2) is 5.75 Å². The van der Waals surface area contributed by atoms with Crippen LogP contribution in [0.4, 0.5) is 10.1 Å². The first-order valence-electron chi connectivity index (χ1n) is 5.54. The smallest absolute Gasteiger partial charge is 0.300 e. The second kappa shape index (κ2) is 5.06. The van der Waals surface area contributed by atoms with E-state index in [1.165, 1.54) is 24.4 Å². The topological polar surface area (TPSA) is 59.2 Å². The third kappa shape index (κ3) is 2.43. The van der Waals surface area contributed by atoms with Gasteiger partial charge in [-0.1, -0.05) is 5.11 Å². The summed E-state index contributed by atoms with van der Waals surface area (Å²) in [6.45, 7) is 0. The molecular weight excluding hydrogens is 329 g/mol. The van der Waals surface area contributed by atoms with Crippen LogP contribution in [0, 0.1) is 5.82 Å². The fourth-order valence-corrected chi connectivity index (χ4v) is 2.05. The van der Waals surface area contributed by atoms with Gasteiger partial charge in [0.05, 0.1) is 11.4 Å². The molecule has 0 N–H and O–H groups in total. The fraction of sp³-hybridized carbons (Fsp3) is 0. The molecule has 1 aliphatic heterocycles. The van der Waals surface area contributed by atoms with Crippen molar-refractivity contribution in [3.63, 3.8) is 0 Å². The van der Waals surface area contributed by atoms with Crippen LogP contribution in [0.3, 0.4) is 0 Å². The Labute approximate surface area is 122 Å². The number of halogens is 2. The van der Waals surface area contributed by atoms with Gasteiger partial charge in [-0.2, -0.15) is 0 Å². The molecule has 2 aromatic rings. The molecule has 1 unspecified atom stereocenters. The molecular formula is C12H7BrFN5O+. The molecule has 0 amide bonds. The van der Waals surface area contributed by atoms with Gasteiger partial charge in [0.25, 0.3) is 6.34 Å². The molecule has 99 valence electrons. The minimum Gasteiger partial charge on any atom is -0.449 e. The Kier molecular flexibility index (Phi) is 3.25. The molecule has 0 saturated heterocycles. The monoisotopic (exact) mass is 335 g/mol. The van der Waals surface area contributed by atoms with E-state index in [1.54, 1.807) is 18.3 Å². The maximum atomic E-state index is 13.4. The Hall–Kier alpha value is -2.19. The number of pyridine rings is 1. The van der Waals surface area contributed by atoms with E-state index < -0.39 is 9.54 Å². The summed E-state index contributed by atoms with van der Waals surface area (Å²) in [5, 5.41) is 11.3. The van der Waals surface area contributed by atoms with Crippen molar-refractivity contribution in [2.45, 2.75) is 0 Å². The van der Waals surface area contributed by atoms with Crippen molar-refractivity contribution in [3.05, 3.63) is 48.5 Å². The highest BCUT2D eigenvalue weighted by Crippen LogP contribution is 2.41. The molecule has 1 aromatic carbocycles. The number of aromatic nitrogens is 1. The van der Waals surface area contributed by atoms with Crippen molar-refractivity contribution >= 4 is 28.2 Å². The maximum absolute atomic E-state index is 13.4. The number of rotatable bonds is 3. The van der Waals surface area contributed by atoms with Crippen molar-refractivity contribution < 1.29 is 9.13 Å². The quantitative estimate of drug-likeness (QED) is 0.800. The molecule has 1 radical (unpaired) electrons. The summed E-state index contributed by atoms with van der Waals surface area (Å²) in [6, 6.07) is 7.46. The Morgan fingerprint density at radius 2 is 2.20 bits per heavy atom. The lowest BCUT2D eigenvalue weighted by molar-refractivity contribution is 0.447. The molecule has 8 heteroatoms. The number of ether oxygens (including phenoxy) is 1. The third-order valence-electron chi connectivity index (χ3n) is 2.48. The first kappa shape index (κ1) is 12.8. The standard InChI is InChI=1S/C12H7BrFN5O/c13-19(17-8-16-18-19)11-4-3-9(14)6-12(11)20-10-2-1-5-15-7-10/h1-7H/q+1. The number of quaternary nitrogens is 1. The molecule has 0 saturated carbocycles.